The first kappa shape index (κ1) is 24.1. The maximum atomic E-state index is 12.9. The second-order valence-corrected chi connectivity index (χ2v) is 9.61. The summed E-state index contributed by atoms with van der Waals surface area (Å²) < 4.78 is 0. The van der Waals surface area contributed by atoms with E-state index in [2.05, 4.69) is 10.6 Å². The predicted molar refractivity (Wildman–Crippen MR) is 128 cm³/mol. The van der Waals surface area contributed by atoms with Gasteiger partial charge in [0.25, 0.3) is 5.91 Å². The zero-order valence-electron chi connectivity index (χ0n) is 18.6. The summed E-state index contributed by atoms with van der Waals surface area (Å²) in [6, 6.07) is 12.1. The number of nitrogens with one attached hydrogen (secondary N) is 3. The standard InChI is InChI=1S/C24H28Cl2N4O2/c1-14(2)24(4)12-21(31)30(23(27)29-24)13-16-8-9-20(26)19(10-16)22(32)28-15(3)17-6-5-7-18(25)11-17/h5-11,14-15H,12-13H2,1-4H3,(H2,27,29)(H,28,32)/t15-,24-/m0/s1. The predicted octanol–water partition coefficient (Wildman–Crippen LogP) is 5.16. The minimum Gasteiger partial charge on any atom is -0.350 e. The molecule has 1 saturated heterocycles. The Kier molecular flexibility index (Phi) is 7.16. The summed E-state index contributed by atoms with van der Waals surface area (Å²) in [6.07, 6.45) is 0.297. The Bertz CT molecular complexity index is 1040. The van der Waals surface area contributed by atoms with Gasteiger partial charge in [-0.1, -0.05) is 55.2 Å². The van der Waals surface area contributed by atoms with Crippen molar-refractivity contribution in [1.29, 1.82) is 5.41 Å². The van der Waals surface area contributed by atoms with Crippen molar-refractivity contribution in [3.8, 4) is 0 Å². The molecule has 1 heterocycles. The smallest absolute Gasteiger partial charge is 0.253 e. The zero-order valence-corrected chi connectivity index (χ0v) is 20.1. The van der Waals surface area contributed by atoms with Gasteiger partial charge in [0.2, 0.25) is 5.91 Å². The van der Waals surface area contributed by atoms with Crippen LogP contribution in [0.4, 0.5) is 0 Å². The van der Waals surface area contributed by atoms with Gasteiger partial charge >= 0.3 is 0 Å². The first-order valence-electron chi connectivity index (χ1n) is 10.5. The van der Waals surface area contributed by atoms with Crippen molar-refractivity contribution in [3.05, 3.63) is 69.2 Å². The van der Waals surface area contributed by atoms with Gasteiger partial charge in [-0.15, -0.1) is 0 Å². The third-order valence-electron chi connectivity index (χ3n) is 6.08. The van der Waals surface area contributed by atoms with E-state index >= 15 is 0 Å². The number of hydrogen-bond acceptors (Lipinski definition) is 3. The van der Waals surface area contributed by atoms with Crippen LogP contribution < -0.4 is 10.6 Å². The summed E-state index contributed by atoms with van der Waals surface area (Å²) in [6.45, 7) is 8.05. The lowest BCUT2D eigenvalue weighted by Crippen LogP contribution is -2.62. The summed E-state index contributed by atoms with van der Waals surface area (Å²) in [7, 11) is 0. The van der Waals surface area contributed by atoms with Gasteiger partial charge < -0.3 is 10.6 Å². The van der Waals surface area contributed by atoms with Crippen LogP contribution in [0.3, 0.4) is 0 Å². The van der Waals surface area contributed by atoms with Gasteiger partial charge in [-0.3, -0.25) is 19.9 Å². The van der Waals surface area contributed by atoms with Crippen LogP contribution in [0.5, 0.6) is 0 Å². The average molecular weight is 475 g/mol. The fourth-order valence-corrected chi connectivity index (χ4v) is 4.00. The van der Waals surface area contributed by atoms with Crippen LogP contribution in [0.1, 0.15) is 61.6 Å². The highest BCUT2D eigenvalue weighted by molar-refractivity contribution is 6.33. The highest BCUT2D eigenvalue weighted by Gasteiger charge is 2.40. The van der Waals surface area contributed by atoms with E-state index < -0.39 is 5.54 Å². The van der Waals surface area contributed by atoms with Gasteiger partial charge in [0, 0.05) is 10.6 Å². The minimum atomic E-state index is -0.452. The Morgan fingerprint density at radius 3 is 2.56 bits per heavy atom. The average Bonchev–Trinajstić information content (AvgIpc) is 2.71. The summed E-state index contributed by atoms with van der Waals surface area (Å²) in [4.78, 5) is 27.1. The highest BCUT2D eigenvalue weighted by atomic mass is 35.5. The molecule has 0 bridgehead atoms. The quantitative estimate of drug-likeness (QED) is 0.540. The number of guanidine groups is 1. The molecule has 170 valence electrons. The number of rotatable bonds is 6. The largest absolute Gasteiger partial charge is 0.350 e. The monoisotopic (exact) mass is 474 g/mol. The fraction of sp³-hybridized carbons (Fsp3) is 0.375. The number of halogens is 2. The lowest BCUT2D eigenvalue weighted by atomic mass is 9.83. The van der Waals surface area contributed by atoms with Crippen LogP contribution in [0.2, 0.25) is 10.0 Å². The normalized spacial score (nSPS) is 19.7. The van der Waals surface area contributed by atoms with Crippen molar-refractivity contribution in [1.82, 2.24) is 15.5 Å². The molecule has 0 spiro atoms. The maximum absolute atomic E-state index is 12.9. The molecule has 6 nitrogen and oxygen atoms in total. The van der Waals surface area contributed by atoms with E-state index in [0.29, 0.717) is 27.6 Å². The topological polar surface area (TPSA) is 85.3 Å². The van der Waals surface area contributed by atoms with Crippen molar-refractivity contribution in [3.63, 3.8) is 0 Å². The fourth-order valence-electron chi connectivity index (χ4n) is 3.59. The Morgan fingerprint density at radius 1 is 1.22 bits per heavy atom. The molecule has 3 N–H and O–H groups in total. The molecule has 8 heteroatoms. The van der Waals surface area contributed by atoms with E-state index in [-0.39, 0.29) is 36.3 Å². The van der Waals surface area contributed by atoms with Crippen LogP contribution in [0.25, 0.3) is 0 Å². The molecule has 0 radical (unpaired) electrons. The van der Waals surface area contributed by atoms with E-state index in [1.54, 1.807) is 30.3 Å². The molecule has 1 aliphatic rings. The first-order chi connectivity index (χ1) is 15.0. The molecule has 1 fully saturated rings. The van der Waals surface area contributed by atoms with Crippen LogP contribution in [-0.2, 0) is 11.3 Å². The molecule has 2 aromatic carbocycles. The number of benzene rings is 2. The van der Waals surface area contributed by atoms with Gasteiger partial charge in [-0.05, 0) is 55.2 Å². The summed E-state index contributed by atoms with van der Waals surface area (Å²) in [5.74, 6) is -0.190. The molecule has 0 saturated carbocycles. The molecule has 3 rings (SSSR count). The zero-order chi connectivity index (χ0) is 23.6. The van der Waals surface area contributed by atoms with Gasteiger partial charge in [0.1, 0.15) is 0 Å². The molecule has 0 aromatic heterocycles. The maximum Gasteiger partial charge on any atom is 0.253 e. The number of carbonyl (C=O) groups excluding carboxylic acids is 2. The van der Waals surface area contributed by atoms with E-state index in [4.69, 9.17) is 28.6 Å². The van der Waals surface area contributed by atoms with E-state index in [0.717, 1.165) is 5.56 Å². The Morgan fingerprint density at radius 2 is 1.94 bits per heavy atom. The van der Waals surface area contributed by atoms with Crippen LogP contribution >= 0.6 is 23.2 Å². The Hall–Kier alpha value is -2.57. The van der Waals surface area contributed by atoms with E-state index in [1.165, 1.54) is 4.90 Å². The van der Waals surface area contributed by atoms with Crippen molar-refractivity contribution < 1.29 is 9.59 Å². The first-order valence-corrected chi connectivity index (χ1v) is 11.3. The molecule has 1 aliphatic heterocycles. The number of carbonyl (C=O) groups is 2. The van der Waals surface area contributed by atoms with Crippen molar-refractivity contribution in [2.45, 2.75) is 52.2 Å². The summed E-state index contributed by atoms with van der Waals surface area (Å²) in [5.41, 5.74) is 1.45. The molecular formula is C24H28Cl2N4O2. The molecule has 0 unspecified atom stereocenters. The van der Waals surface area contributed by atoms with Gasteiger partial charge in [-0.2, -0.15) is 0 Å². The molecule has 0 aliphatic carbocycles. The van der Waals surface area contributed by atoms with Crippen molar-refractivity contribution in [2.24, 2.45) is 5.92 Å². The number of amides is 2. The van der Waals surface area contributed by atoms with Crippen LogP contribution in [0, 0.1) is 11.3 Å². The third-order valence-corrected chi connectivity index (χ3v) is 6.64. The van der Waals surface area contributed by atoms with Crippen LogP contribution in [0.15, 0.2) is 42.5 Å². The highest BCUT2D eigenvalue weighted by Crippen LogP contribution is 2.27. The van der Waals surface area contributed by atoms with Gasteiger partial charge in [0.05, 0.1) is 29.6 Å². The molecule has 2 amide bonds. The van der Waals surface area contributed by atoms with Crippen LogP contribution in [-0.4, -0.2) is 28.2 Å². The third kappa shape index (κ3) is 5.25. The Labute approximate surface area is 198 Å². The summed E-state index contributed by atoms with van der Waals surface area (Å²) in [5, 5.41) is 15.3. The lowest BCUT2D eigenvalue weighted by Gasteiger charge is -2.43. The van der Waals surface area contributed by atoms with E-state index in [1.807, 2.05) is 39.8 Å². The molecule has 32 heavy (non-hydrogen) atoms. The van der Waals surface area contributed by atoms with E-state index in [9.17, 15) is 9.59 Å². The summed E-state index contributed by atoms with van der Waals surface area (Å²) >= 11 is 12.4. The number of nitrogens with zero attached hydrogens (tertiary/aromatic N) is 1. The second-order valence-electron chi connectivity index (χ2n) is 8.77. The van der Waals surface area contributed by atoms with Gasteiger partial charge in [-0.25, -0.2) is 0 Å². The molecule has 2 atom stereocenters. The lowest BCUT2D eigenvalue weighted by molar-refractivity contribution is -0.131. The van der Waals surface area contributed by atoms with Crippen molar-refractivity contribution >= 4 is 41.0 Å². The SMILES string of the molecule is CC(C)[C@]1(C)CC(=O)N(Cc2ccc(Cl)c(C(=O)N[C@@H](C)c3cccc(Cl)c3)c2)C(=N)N1. The molecular weight excluding hydrogens is 447 g/mol. The van der Waals surface area contributed by atoms with Crippen molar-refractivity contribution in [2.75, 3.05) is 0 Å². The Balaban J connectivity index is 1.75. The minimum absolute atomic E-state index is 0.0629. The van der Waals surface area contributed by atoms with Gasteiger partial charge in [0.15, 0.2) is 5.96 Å². The second kappa shape index (κ2) is 9.51. The molecule has 2 aromatic rings. The number of hydrogen-bond donors (Lipinski definition) is 3.